The van der Waals surface area contributed by atoms with E-state index in [1.54, 1.807) is 0 Å². The largest absolute Gasteiger partial charge is 0.726 e. The zero-order valence-electron chi connectivity index (χ0n) is 21.6. The highest BCUT2D eigenvalue weighted by atomic mass is 32.3. The van der Waals surface area contributed by atoms with Crippen molar-refractivity contribution in [2.45, 2.75) is 69.8 Å². The van der Waals surface area contributed by atoms with Gasteiger partial charge in [-0.3, -0.25) is 26.0 Å². The molecule has 2 aliphatic heterocycles. The molecule has 0 bridgehead atoms. The van der Waals surface area contributed by atoms with Crippen molar-refractivity contribution < 1.29 is 102 Å². The lowest BCUT2D eigenvalue weighted by Crippen LogP contribution is -2.61. The fraction of sp³-hybridized carbons (Fsp3) is 1.00. The summed E-state index contributed by atoms with van der Waals surface area (Å²) >= 11 is -0.175. The monoisotopic (exact) mass is 731 g/mol. The Bertz CT molecular complexity index is 1330. The molecule has 2 fully saturated rings. The van der Waals surface area contributed by atoms with Gasteiger partial charge in [0.2, 0.25) is 41.6 Å². The molecule has 0 aromatic heterocycles. The van der Waals surface area contributed by atoms with Gasteiger partial charge < -0.3 is 37.7 Å². The van der Waals surface area contributed by atoms with Crippen molar-refractivity contribution in [2.24, 2.45) is 11.8 Å². The minimum atomic E-state index is -5.61. The number of ether oxygens (including phenoxy) is 3. The van der Waals surface area contributed by atoms with Crippen LogP contribution in [0.25, 0.3) is 0 Å². The van der Waals surface area contributed by atoms with Gasteiger partial charge in [0.05, 0.1) is 25.4 Å². The highest BCUT2D eigenvalue weighted by molar-refractivity contribution is 7.89. The van der Waals surface area contributed by atoms with Crippen LogP contribution in [0.4, 0.5) is 0 Å². The molecule has 10 atom stereocenters. The molecule has 0 spiro atoms. The summed E-state index contributed by atoms with van der Waals surface area (Å²) in [7, 11) is -21.7. The molecular weight excluding hydrogens is 708 g/mol. The van der Waals surface area contributed by atoms with Gasteiger partial charge in [0.15, 0.2) is 18.6 Å². The van der Waals surface area contributed by atoms with E-state index in [1.807, 2.05) is 0 Å². The summed E-state index contributed by atoms with van der Waals surface area (Å²) in [5.41, 5.74) is 0. The van der Waals surface area contributed by atoms with Gasteiger partial charge in [-0.05, 0) is 6.92 Å². The second-order valence-corrected chi connectivity index (χ2v) is 13.4. The van der Waals surface area contributed by atoms with Gasteiger partial charge >= 0.3 is 0 Å². The molecule has 43 heavy (non-hydrogen) atoms. The fourth-order valence-electron chi connectivity index (χ4n) is 4.32. The molecular formula is C15H23O23S5-5. The topological polar surface area (TPSA) is 344 Å². The highest BCUT2D eigenvalue weighted by Gasteiger charge is 2.52. The van der Waals surface area contributed by atoms with Gasteiger partial charge in [-0.15, -0.1) is 4.33 Å². The molecule has 2 rings (SSSR count). The Kier molecular flexibility index (Phi) is 13.9. The maximum Gasteiger partial charge on any atom is 0.218 e. The molecule has 0 N–H and O–H groups in total. The Morgan fingerprint density at radius 2 is 1.12 bits per heavy atom. The van der Waals surface area contributed by atoms with Crippen LogP contribution >= 0.6 is 12.3 Å². The lowest BCUT2D eigenvalue weighted by Gasteiger charge is -2.49. The first kappa shape index (κ1) is 38.7. The summed E-state index contributed by atoms with van der Waals surface area (Å²) in [5.74, 6) is -2.75. The van der Waals surface area contributed by atoms with E-state index in [2.05, 4.69) is 26.1 Å². The summed E-state index contributed by atoms with van der Waals surface area (Å²) in [4.78, 5) is 0. The van der Waals surface area contributed by atoms with Gasteiger partial charge in [-0.1, -0.05) is 13.8 Å². The van der Waals surface area contributed by atoms with E-state index in [9.17, 15) is 57.1 Å². The Hall–Kier alpha value is -0.450. The molecule has 256 valence electrons. The van der Waals surface area contributed by atoms with E-state index >= 15 is 0 Å². The Morgan fingerprint density at radius 3 is 1.58 bits per heavy atom. The first-order chi connectivity index (χ1) is 19.5. The summed E-state index contributed by atoms with van der Waals surface area (Å²) < 4.78 is 178. The van der Waals surface area contributed by atoms with Gasteiger partial charge in [0.1, 0.15) is 30.5 Å². The highest BCUT2D eigenvalue weighted by Crippen LogP contribution is 2.38. The van der Waals surface area contributed by atoms with Gasteiger partial charge in [-0.2, -0.15) is 0 Å². The third-order valence-corrected chi connectivity index (χ3v) is 8.12. The molecule has 2 heterocycles. The van der Waals surface area contributed by atoms with Crippen molar-refractivity contribution in [2.75, 3.05) is 13.2 Å². The molecule has 2 aliphatic rings. The maximum absolute atomic E-state index is 11.5. The second-order valence-electron chi connectivity index (χ2n) is 8.83. The van der Waals surface area contributed by atoms with Crippen molar-refractivity contribution in [3.63, 3.8) is 0 Å². The predicted octanol–water partition coefficient (Wildman–Crippen LogP) is -4.03. The summed E-state index contributed by atoms with van der Waals surface area (Å²) in [6, 6.07) is 0. The van der Waals surface area contributed by atoms with Crippen molar-refractivity contribution in [1.82, 2.24) is 0 Å². The standard InChI is InChI=1S/C15H28O23S5/c1-6-11(35-42(23,24)25)8(3)31-9(4-29-40(17,18)19)12(6)33-15-14(36-43(26,27)28)7(2)13(34-39-38-37-16)10(32-15)5-30-41(20,21)22/h6-16H,4-5H2,1-3H3,(H,17,18,19)(H,20,21,22)(H,23,24,25)(H,26,27,28)/p-5/t6-,7+,8+,9?,10?,11?,12+,13+,14?,15+/m1/s1. The van der Waals surface area contributed by atoms with Crippen LogP contribution in [0.15, 0.2) is 0 Å². The number of hydrogen-bond donors (Lipinski definition) is 0. The van der Waals surface area contributed by atoms with Crippen LogP contribution in [0.5, 0.6) is 0 Å². The van der Waals surface area contributed by atoms with E-state index in [0.29, 0.717) is 0 Å². The Labute approximate surface area is 250 Å². The van der Waals surface area contributed by atoms with Crippen molar-refractivity contribution >= 4 is 53.9 Å². The molecule has 0 aromatic rings. The lowest BCUT2D eigenvalue weighted by atomic mass is 9.87. The molecule has 0 aliphatic carbocycles. The maximum atomic E-state index is 11.5. The quantitative estimate of drug-likeness (QED) is 0.0364. The third-order valence-electron chi connectivity index (χ3n) is 5.94. The van der Waals surface area contributed by atoms with Crippen LogP contribution in [0, 0.1) is 11.8 Å². The molecule has 28 heteroatoms. The van der Waals surface area contributed by atoms with Crippen molar-refractivity contribution in [1.29, 1.82) is 0 Å². The smallest absolute Gasteiger partial charge is 0.218 e. The average molecular weight is 732 g/mol. The lowest BCUT2D eigenvalue weighted by molar-refractivity contribution is -0.777. The van der Waals surface area contributed by atoms with E-state index in [0.717, 1.165) is 6.92 Å². The molecule has 0 saturated carbocycles. The average Bonchev–Trinajstić information content (AvgIpc) is 2.82. The first-order valence-electron chi connectivity index (χ1n) is 11.2. The van der Waals surface area contributed by atoms with Crippen LogP contribution in [-0.4, -0.2) is 114 Å². The van der Waals surface area contributed by atoms with Crippen LogP contribution in [-0.2, 0) is 86.1 Å². The van der Waals surface area contributed by atoms with Crippen molar-refractivity contribution in [3.8, 4) is 0 Å². The van der Waals surface area contributed by atoms with E-state index in [1.165, 1.54) is 13.8 Å². The minimum Gasteiger partial charge on any atom is -0.726 e. The van der Waals surface area contributed by atoms with Gasteiger partial charge in [-0.25, -0.2) is 33.7 Å². The third kappa shape index (κ3) is 13.1. The second kappa shape index (κ2) is 15.4. The van der Waals surface area contributed by atoms with E-state index in [4.69, 9.17) is 18.4 Å². The molecule has 0 aromatic carbocycles. The van der Waals surface area contributed by atoms with Crippen molar-refractivity contribution in [3.05, 3.63) is 0 Å². The van der Waals surface area contributed by atoms with Gasteiger partial charge in [0.25, 0.3) is 0 Å². The fourth-order valence-corrected chi connectivity index (χ4v) is 6.51. The summed E-state index contributed by atoms with van der Waals surface area (Å²) in [6.45, 7) is 1.26. The summed E-state index contributed by atoms with van der Waals surface area (Å²) in [6.07, 6.45) is -13.9. The SMILES string of the molecule is C[C@@H]1OC(COS(=O)(=O)[O-])[C@@H](O[C@@H]2OC(COS(=O)(=O)[O-])[C@@H](OSOO[O-])[C@H](C)C2OS(=O)(=O)[O-])[C@H](C)C1OS(=O)(=O)[O-]. The zero-order chi connectivity index (χ0) is 33.0. The van der Waals surface area contributed by atoms with Gasteiger partial charge in [0, 0.05) is 11.8 Å². The molecule has 0 amide bonds. The minimum absolute atomic E-state index is 0.175. The van der Waals surface area contributed by atoms with Crippen LogP contribution in [0.2, 0.25) is 0 Å². The normalized spacial score (nSPS) is 34.7. The zero-order valence-corrected chi connectivity index (χ0v) is 25.7. The predicted molar refractivity (Wildman–Crippen MR) is 121 cm³/mol. The number of hydrogen-bond acceptors (Lipinski definition) is 24. The molecule has 23 nitrogen and oxygen atoms in total. The Morgan fingerprint density at radius 1 is 0.651 bits per heavy atom. The Balaban J connectivity index is 2.52. The first-order valence-corrected chi connectivity index (χ1v) is 17.2. The number of rotatable bonds is 16. The van der Waals surface area contributed by atoms with Crippen LogP contribution in [0.1, 0.15) is 20.8 Å². The molecule has 4 unspecified atom stereocenters. The van der Waals surface area contributed by atoms with Crippen LogP contribution < -0.4 is 5.26 Å². The van der Waals surface area contributed by atoms with E-state index < -0.39 is 116 Å². The summed E-state index contributed by atoms with van der Waals surface area (Å²) in [5, 5.41) is 13.2. The van der Waals surface area contributed by atoms with E-state index in [-0.39, 0.29) is 12.3 Å². The molecule has 2 saturated heterocycles. The molecule has 0 radical (unpaired) electrons. The van der Waals surface area contributed by atoms with Crippen LogP contribution in [0.3, 0.4) is 0 Å².